The van der Waals surface area contributed by atoms with Crippen LogP contribution in [0.25, 0.3) is 44.8 Å². The Hall–Kier alpha value is -6.70. The first kappa shape index (κ1) is 35.1. The van der Waals surface area contributed by atoms with Crippen LogP contribution in [-0.2, 0) is 25.9 Å². The smallest absolute Gasteiger partial charge is 0.336 e. The van der Waals surface area contributed by atoms with Gasteiger partial charge in [0.2, 0.25) is 0 Å². The molecule has 4 aromatic carbocycles. The summed E-state index contributed by atoms with van der Waals surface area (Å²) in [6.45, 7) is 4.14. The molecule has 52 heavy (non-hydrogen) atoms. The summed E-state index contributed by atoms with van der Waals surface area (Å²) in [6, 6.07) is 16.6. The van der Waals surface area contributed by atoms with E-state index in [4.69, 9.17) is 30.9 Å². The van der Waals surface area contributed by atoms with E-state index in [-0.39, 0.29) is 69.5 Å². The number of nitrogens with zero attached hydrogens (tertiary/aromatic N) is 4. The minimum atomic E-state index is -1.15. The van der Waals surface area contributed by atoms with E-state index in [1.165, 1.54) is 26.4 Å². The lowest BCUT2D eigenvalue weighted by molar-refractivity contribution is 0.0686. The lowest BCUT2D eigenvalue weighted by Gasteiger charge is -2.16. The van der Waals surface area contributed by atoms with Crippen LogP contribution < -0.4 is 20.9 Å². The van der Waals surface area contributed by atoms with Gasteiger partial charge in [-0.15, -0.1) is 0 Å². The molecule has 0 saturated heterocycles. The molecule has 0 atom stereocenters. The highest BCUT2D eigenvalue weighted by Crippen LogP contribution is 2.37. The van der Waals surface area contributed by atoms with Crippen LogP contribution in [0.15, 0.2) is 60.7 Å². The zero-order valence-electron chi connectivity index (χ0n) is 28.9. The van der Waals surface area contributed by atoms with Crippen molar-refractivity contribution in [3.05, 3.63) is 94.0 Å². The summed E-state index contributed by atoms with van der Waals surface area (Å²) < 4.78 is 14.8. The molecule has 0 saturated carbocycles. The van der Waals surface area contributed by atoms with Gasteiger partial charge in [0.05, 0.1) is 47.5 Å². The van der Waals surface area contributed by atoms with Gasteiger partial charge in [0.1, 0.15) is 22.7 Å². The van der Waals surface area contributed by atoms with Gasteiger partial charge in [-0.1, -0.05) is 38.1 Å². The van der Waals surface area contributed by atoms with Crippen molar-refractivity contribution in [3.8, 4) is 34.3 Å². The van der Waals surface area contributed by atoms with Crippen LogP contribution in [0.1, 0.15) is 66.4 Å². The summed E-state index contributed by atoms with van der Waals surface area (Å²) in [5.74, 6) is -2.92. The minimum absolute atomic E-state index is 0.0320. The van der Waals surface area contributed by atoms with E-state index in [1.54, 1.807) is 45.5 Å². The zero-order chi connectivity index (χ0) is 37.4. The van der Waals surface area contributed by atoms with Crippen molar-refractivity contribution in [1.29, 1.82) is 0 Å². The Morgan fingerprint density at radius 1 is 0.615 bits per heavy atom. The van der Waals surface area contributed by atoms with Crippen LogP contribution in [0.2, 0.25) is 0 Å². The number of aromatic carboxylic acids is 2. The topological polar surface area (TPSA) is 215 Å². The summed E-state index contributed by atoms with van der Waals surface area (Å²) in [6.07, 6.45) is 1.23. The van der Waals surface area contributed by atoms with E-state index in [1.807, 2.05) is 26.0 Å². The number of hydrogen-bond donors (Lipinski definition) is 4. The molecule has 0 bridgehead atoms. The Bertz CT molecular complexity index is 2270. The zero-order valence-corrected chi connectivity index (χ0v) is 28.9. The Kier molecular flexibility index (Phi) is 9.39. The van der Waals surface area contributed by atoms with E-state index in [0.717, 1.165) is 11.1 Å². The van der Waals surface area contributed by atoms with E-state index in [2.05, 4.69) is 0 Å². The number of aryl methyl sites for hydroxylation is 4. The van der Waals surface area contributed by atoms with Crippen LogP contribution in [0.3, 0.4) is 0 Å². The number of carboxylic acids is 2. The quantitative estimate of drug-likeness (QED) is 0.124. The highest BCUT2D eigenvalue weighted by atomic mass is 16.5. The van der Waals surface area contributed by atoms with Gasteiger partial charge >= 0.3 is 11.9 Å². The largest absolute Gasteiger partial charge is 0.494 e. The highest BCUT2D eigenvalue weighted by molar-refractivity contribution is 6.04. The number of carboxylic acid groups (broad SMARTS) is 2. The van der Waals surface area contributed by atoms with Gasteiger partial charge in [0.15, 0.2) is 11.5 Å². The predicted octanol–water partition coefficient (Wildman–Crippen LogP) is 5.16. The Morgan fingerprint density at radius 3 is 1.31 bits per heavy atom. The lowest BCUT2D eigenvalue weighted by atomic mass is 10.0. The van der Waals surface area contributed by atoms with Crippen molar-refractivity contribution in [1.82, 2.24) is 19.1 Å². The molecule has 266 valence electrons. The van der Waals surface area contributed by atoms with Crippen molar-refractivity contribution in [2.75, 3.05) is 14.2 Å². The first-order valence-corrected chi connectivity index (χ1v) is 16.4. The van der Waals surface area contributed by atoms with Crippen molar-refractivity contribution < 1.29 is 38.9 Å². The Labute approximate surface area is 297 Å². The van der Waals surface area contributed by atoms with Crippen molar-refractivity contribution >= 4 is 45.8 Å². The molecule has 0 aliphatic carbocycles. The van der Waals surface area contributed by atoms with E-state index < -0.39 is 23.8 Å². The van der Waals surface area contributed by atoms with Gasteiger partial charge in [-0.25, -0.2) is 19.6 Å². The second-order valence-electron chi connectivity index (χ2n) is 12.0. The summed E-state index contributed by atoms with van der Waals surface area (Å²) in [4.78, 5) is 59.6. The summed E-state index contributed by atoms with van der Waals surface area (Å²) in [7, 11) is 2.78. The normalized spacial score (nSPS) is 11.2. The van der Waals surface area contributed by atoms with Gasteiger partial charge in [-0.05, 0) is 60.4 Å². The SMILES string of the molecule is CCc1ccc(-c2nc3c(OC)c(C(N)=O)ccc3n2CCn2c(-c3ccc(CC)cc3C(=O)O)nc3c(OC)c(C(N)=O)ccc32)c(C(=O)O)c1. The maximum Gasteiger partial charge on any atom is 0.336 e. The Morgan fingerprint density at radius 2 is 1.00 bits per heavy atom. The lowest BCUT2D eigenvalue weighted by Crippen LogP contribution is -2.14. The van der Waals surface area contributed by atoms with E-state index in [9.17, 15) is 29.4 Å². The van der Waals surface area contributed by atoms with Crippen LogP contribution >= 0.6 is 0 Å². The first-order valence-electron chi connectivity index (χ1n) is 16.4. The number of methoxy groups -OCH3 is 2. The van der Waals surface area contributed by atoms with Crippen molar-refractivity contribution in [2.24, 2.45) is 11.5 Å². The number of primary amides is 2. The van der Waals surface area contributed by atoms with Crippen LogP contribution in [-0.4, -0.2) is 67.3 Å². The molecule has 0 spiro atoms. The number of carbonyl (C=O) groups is 4. The predicted molar refractivity (Wildman–Crippen MR) is 193 cm³/mol. The third kappa shape index (κ3) is 5.93. The van der Waals surface area contributed by atoms with Crippen molar-refractivity contribution in [2.45, 2.75) is 39.8 Å². The van der Waals surface area contributed by atoms with Gasteiger partial charge in [-0.2, -0.15) is 0 Å². The number of imidazole rings is 2. The maximum atomic E-state index is 12.6. The van der Waals surface area contributed by atoms with Crippen molar-refractivity contribution in [3.63, 3.8) is 0 Å². The minimum Gasteiger partial charge on any atom is -0.494 e. The molecule has 2 amide bonds. The average Bonchev–Trinajstić information content (AvgIpc) is 3.70. The molecule has 14 heteroatoms. The summed E-state index contributed by atoms with van der Waals surface area (Å²) in [5, 5.41) is 20.6. The van der Waals surface area contributed by atoms with E-state index >= 15 is 0 Å². The number of benzene rings is 4. The van der Waals surface area contributed by atoms with E-state index in [0.29, 0.717) is 35.0 Å². The molecule has 6 N–H and O–H groups in total. The number of fused-ring (bicyclic) bond motifs is 2. The molecule has 0 aliphatic rings. The second-order valence-corrected chi connectivity index (χ2v) is 12.0. The Balaban J connectivity index is 1.63. The number of ether oxygens (including phenoxy) is 2. The first-order chi connectivity index (χ1) is 24.9. The molecule has 0 unspecified atom stereocenters. The fourth-order valence-electron chi connectivity index (χ4n) is 6.57. The van der Waals surface area contributed by atoms with Crippen LogP contribution in [0.4, 0.5) is 0 Å². The van der Waals surface area contributed by atoms with Gasteiger partial charge < -0.3 is 40.3 Å². The third-order valence-corrected chi connectivity index (χ3v) is 9.16. The van der Waals surface area contributed by atoms with Crippen LogP contribution in [0.5, 0.6) is 11.5 Å². The molecular formula is C38H36N6O8. The molecule has 6 aromatic rings. The molecule has 0 aliphatic heterocycles. The number of aromatic nitrogens is 4. The highest BCUT2D eigenvalue weighted by Gasteiger charge is 2.26. The number of nitrogens with two attached hydrogens (primary N) is 2. The standard InChI is InChI=1S/C38H36N6O8/c1-5-19-7-9-21(25(17-19)37(47)48)35-41-29-27(13-11-23(33(39)45)31(29)51-3)43(35)15-16-44-28-14-12-24(34(40)46)32(52-4)30(28)42-36(44)22-10-8-20(6-2)18-26(22)38(49)50/h7-14,17-18H,5-6,15-16H2,1-4H3,(H2,39,45)(H2,40,46)(H,47,48)(H,49,50). The molecular weight excluding hydrogens is 668 g/mol. The number of amides is 2. The average molecular weight is 705 g/mol. The fourth-order valence-corrected chi connectivity index (χ4v) is 6.57. The number of carbonyl (C=O) groups excluding carboxylic acids is 2. The fraction of sp³-hybridized carbons (Fsp3) is 0.211. The number of hydrogen-bond acceptors (Lipinski definition) is 8. The van der Waals surface area contributed by atoms with Gasteiger partial charge in [-0.3, -0.25) is 9.59 Å². The summed E-state index contributed by atoms with van der Waals surface area (Å²) >= 11 is 0. The molecule has 14 nitrogen and oxygen atoms in total. The third-order valence-electron chi connectivity index (χ3n) is 9.16. The van der Waals surface area contributed by atoms with Crippen LogP contribution in [0, 0.1) is 0 Å². The van der Waals surface area contributed by atoms with Gasteiger partial charge in [0, 0.05) is 24.2 Å². The van der Waals surface area contributed by atoms with Gasteiger partial charge in [0.25, 0.3) is 11.8 Å². The summed E-state index contributed by atoms with van der Waals surface area (Å²) in [5.41, 5.74) is 15.5. The molecule has 6 rings (SSSR count). The monoisotopic (exact) mass is 704 g/mol. The molecule has 2 aromatic heterocycles. The molecule has 2 heterocycles. The second kappa shape index (κ2) is 13.9. The molecule has 0 radical (unpaired) electrons. The number of rotatable bonds is 13. The maximum absolute atomic E-state index is 12.6. The molecule has 0 fully saturated rings.